The minimum absolute atomic E-state index is 0.0969. The van der Waals surface area contributed by atoms with Crippen molar-refractivity contribution >= 4 is 23.7 Å². The molecule has 0 aromatic heterocycles. The Kier molecular flexibility index (Phi) is 33.9. The normalized spacial score (nSPS) is 19.2. The van der Waals surface area contributed by atoms with Gasteiger partial charge in [0.1, 0.15) is 24.4 Å². The highest BCUT2D eigenvalue weighted by atomic mass is 16.5. The Morgan fingerprint density at radius 3 is 1.40 bits per heavy atom. The van der Waals surface area contributed by atoms with Crippen molar-refractivity contribution < 1.29 is 44.3 Å². The molecule has 1 rings (SSSR count). The number of nitrogens with one attached hydrogen (secondary N) is 2. The zero-order valence-electron chi connectivity index (χ0n) is 36.9. The molecule has 0 aromatic rings. The van der Waals surface area contributed by atoms with E-state index in [4.69, 9.17) is 9.84 Å². The molecular formula is C46H87N3O9. The fraction of sp³-hybridized carbons (Fsp3) is 0.913. The smallest absolute Gasteiger partial charge is 0.303 e. The van der Waals surface area contributed by atoms with Gasteiger partial charge in [0.2, 0.25) is 17.7 Å². The van der Waals surface area contributed by atoms with Crippen molar-refractivity contribution in [2.24, 2.45) is 0 Å². The van der Waals surface area contributed by atoms with Gasteiger partial charge in [-0.15, -0.1) is 0 Å². The molecule has 1 aliphatic rings. The van der Waals surface area contributed by atoms with Crippen molar-refractivity contribution in [1.82, 2.24) is 15.5 Å². The Morgan fingerprint density at radius 1 is 0.534 bits per heavy atom. The summed E-state index contributed by atoms with van der Waals surface area (Å²) in [4.78, 5) is 51.7. The molecule has 1 heterocycles. The molecule has 6 N–H and O–H groups in total. The summed E-state index contributed by atoms with van der Waals surface area (Å²) in [5.74, 6) is -1.92. The SMILES string of the molecule is CCCCCCCCCCCCCCCCCC(=O)N(CCCCCCCCCCCC)[C@@H]1O[C@H](CO)[C@@H](O)[C@H](O)[C@@H]1NC(=O)CNC(=O)CCCCCCC(=O)O. The largest absolute Gasteiger partial charge is 0.481 e. The summed E-state index contributed by atoms with van der Waals surface area (Å²) in [6.07, 6.45) is 27.5. The molecule has 1 aliphatic heterocycles. The number of carbonyl (C=O) groups is 4. The Labute approximate surface area is 352 Å². The second-order valence-electron chi connectivity index (χ2n) is 16.9. The van der Waals surface area contributed by atoms with Crippen LogP contribution in [0.1, 0.15) is 219 Å². The first-order chi connectivity index (χ1) is 28.2. The lowest BCUT2D eigenvalue weighted by Gasteiger charge is -2.47. The number of unbranched alkanes of at least 4 members (excludes halogenated alkanes) is 26. The summed E-state index contributed by atoms with van der Waals surface area (Å²) in [5, 5.41) is 46.1. The van der Waals surface area contributed by atoms with Crippen LogP contribution in [0.15, 0.2) is 0 Å². The van der Waals surface area contributed by atoms with E-state index in [1.54, 1.807) is 4.90 Å². The molecule has 1 fully saturated rings. The topological polar surface area (TPSA) is 186 Å². The zero-order valence-corrected chi connectivity index (χ0v) is 36.9. The highest BCUT2D eigenvalue weighted by Gasteiger charge is 2.48. The van der Waals surface area contributed by atoms with Crippen LogP contribution in [0.25, 0.3) is 0 Å². The van der Waals surface area contributed by atoms with Crippen LogP contribution in [0.4, 0.5) is 0 Å². The molecule has 340 valence electrons. The average Bonchev–Trinajstić information content (AvgIpc) is 3.21. The number of amides is 3. The lowest BCUT2D eigenvalue weighted by atomic mass is 9.94. The van der Waals surface area contributed by atoms with E-state index in [-0.39, 0.29) is 31.2 Å². The molecule has 0 saturated carbocycles. The van der Waals surface area contributed by atoms with Gasteiger partial charge in [0, 0.05) is 25.8 Å². The van der Waals surface area contributed by atoms with E-state index < -0.39 is 49.1 Å². The Balaban J connectivity index is 2.74. The summed E-state index contributed by atoms with van der Waals surface area (Å²) >= 11 is 0. The molecule has 0 aliphatic carbocycles. The van der Waals surface area contributed by atoms with Gasteiger partial charge in [0.05, 0.1) is 13.2 Å². The van der Waals surface area contributed by atoms with Gasteiger partial charge in [0.25, 0.3) is 0 Å². The van der Waals surface area contributed by atoms with Gasteiger partial charge in [0.15, 0.2) is 6.23 Å². The molecule has 5 atom stereocenters. The second kappa shape index (κ2) is 36.6. The van der Waals surface area contributed by atoms with Crippen LogP contribution in [-0.4, -0.2) is 99.3 Å². The molecule has 0 spiro atoms. The van der Waals surface area contributed by atoms with Crippen molar-refractivity contribution in [3.8, 4) is 0 Å². The van der Waals surface area contributed by atoms with Crippen molar-refractivity contribution in [3.63, 3.8) is 0 Å². The van der Waals surface area contributed by atoms with Crippen LogP contribution in [0, 0.1) is 0 Å². The lowest BCUT2D eigenvalue weighted by Crippen LogP contribution is -2.69. The highest BCUT2D eigenvalue weighted by molar-refractivity contribution is 5.85. The van der Waals surface area contributed by atoms with E-state index >= 15 is 0 Å². The average molecular weight is 826 g/mol. The maximum absolute atomic E-state index is 13.9. The number of aliphatic hydroxyl groups is 3. The van der Waals surface area contributed by atoms with E-state index in [9.17, 15) is 34.5 Å². The van der Waals surface area contributed by atoms with Crippen LogP contribution in [0.3, 0.4) is 0 Å². The van der Waals surface area contributed by atoms with Gasteiger partial charge < -0.3 is 40.7 Å². The third-order valence-electron chi connectivity index (χ3n) is 11.6. The highest BCUT2D eigenvalue weighted by Crippen LogP contribution is 2.26. The number of hydrogen-bond acceptors (Lipinski definition) is 8. The minimum atomic E-state index is -1.52. The number of rotatable bonds is 39. The number of aliphatic carboxylic acids is 1. The lowest BCUT2D eigenvalue weighted by molar-refractivity contribution is -0.231. The molecule has 0 bridgehead atoms. The fourth-order valence-corrected chi connectivity index (χ4v) is 7.89. The Morgan fingerprint density at radius 2 is 0.948 bits per heavy atom. The predicted molar refractivity (Wildman–Crippen MR) is 231 cm³/mol. The molecule has 3 amide bonds. The number of carboxylic acid groups (broad SMARTS) is 1. The van der Waals surface area contributed by atoms with Gasteiger partial charge in [-0.1, -0.05) is 174 Å². The van der Waals surface area contributed by atoms with Gasteiger partial charge >= 0.3 is 5.97 Å². The minimum Gasteiger partial charge on any atom is -0.481 e. The molecule has 12 heteroatoms. The number of carboxylic acids is 1. The third kappa shape index (κ3) is 26.7. The standard InChI is InChI=1S/C46H87N3O9/c1-3-5-7-9-11-13-15-16-17-18-19-20-22-24-29-33-41(53)49(35-31-27-23-21-14-12-10-8-6-4-2)46-43(45(57)44(56)38(37-50)58-46)48-40(52)36-47-39(51)32-28-25-26-30-34-42(54)55/h38,43-46,50,56-57H,3-37H2,1-2H3,(H,47,51)(H,48,52)(H,54,55)/t38-,43+,44-,45-,46-/m1/s1. The molecule has 58 heavy (non-hydrogen) atoms. The quantitative estimate of drug-likeness (QED) is 0.0331. The van der Waals surface area contributed by atoms with Gasteiger partial charge in [-0.2, -0.15) is 0 Å². The predicted octanol–water partition coefficient (Wildman–Crippen LogP) is 8.46. The van der Waals surface area contributed by atoms with Crippen LogP contribution >= 0.6 is 0 Å². The number of aliphatic hydroxyl groups excluding tert-OH is 3. The van der Waals surface area contributed by atoms with Crippen molar-refractivity contribution in [2.45, 2.75) is 250 Å². The van der Waals surface area contributed by atoms with Crippen LogP contribution < -0.4 is 10.6 Å². The molecular weight excluding hydrogens is 739 g/mol. The first kappa shape index (κ1) is 53.7. The second-order valence-corrected chi connectivity index (χ2v) is 16.9. The van der Waals surface area contributed by atoms with Gasteiger partial charge in [-0.05, 0) is 25.7 Å². The molecule has 0 aromatic carbocycles. The summed E-state index contributed by atoms with van der Waals surface area (Å²) < 4.78 is 6.12. The maximum Gasteiger partial charge on any atom is 0.303 e. The third-order valence-corrected chi connectivity index (χ3v) is 11.6. The first-order valence-corrected chi connectivity index (χ1v) is 23.9. The Hall–Kier alpha value is -2.28. The van der Waals surface area contributed by atoms with Crippen LogP contribution in [-0.2, 0) is 23.9 Å². The zero-order chi connectivity index (χ0) is 42.6. The summed E-state index contributed by atoms with van der Waals surface area (Å²) in [7, 11) is 0. The number of hydrogen-bond donors (Lipinski definition) is 6. The van der Waals surface area contributed by atoms with E-state index in [1.165, 1.54) is 109 Å². The summed E-state index contributed by atoms with van der Waals surface area (Å²) in [5.41, 5.74) is 0. The molecule has 12 nitrogen and oxygen atoms in total. The van der Waals surface area contributed by atoms with E-state index in [2.05, 4.69) is 24.5 Å². The monoisotopic (exact) mass is 826 g/mol. The van der Waals surface area contributed by atoms with Crippen molar-refractivity contribution in [3.05, 3.63) is 0 Å². The molecule has 0 unspecified atom stereocenters. The molecule has 0 radical (unpaired) electrons. The fourth-order valence-electron chi connectivity index (χ4n) is 7.89. The van der Waals surface area contributed by atoms with Crippen LogP contribution in [0.5, 0.6) is 0 Å². The summed E-state index contributed by atoms with van der Waals surface area (Å²) in [6.45, 7) is 3.90. The summed E-state index contributed by atoms with van der Waals surface area (Å²) in [6, 6.07) is -1.18. The van der Waals surface area contributed by atoms with E-state index in [0.29, 0.717) is 38.6 Å². The van der Waals surface area contributed by atoms with Gasteiger partial charge in [-0.25, -0.2) is 0 Å². The first-order valence-electron chi connectivity index (χ1n) is 23.9. The van der Waals surface area contributed by atoms with Gasteiger partial charge in [-0.3, -0.25) is 19.2 Å². The van der Waals surface area contributed by atoms with E-state index in [1.807, 2.05) is 0 Å². The number of ether oxygens (including phenoxy) is 1. The number of carbonyl (C=O) groups excluding carboxylic acids is 3. The van der Waals surface area contributed by atoms with Crippen molar-refractivity contribution in [1.29, 1.82) is 0 Å². The van der Waals surface area contributed by atoms with Crippen molar-refractivity contribution in [2.75, 3.05) is 19.7 Å². The van der Waals surface area contributed by atoms with E-state index in [0.717, 1.165) is 51.4 Å². The Bertz CT molecular complexity index is 1050. The molecule has 1 saturated heterocycles. The maximum atomic E-state index is 13.9. The van der Waals surface area contributed by atoms with Crippen LogP contribution in [0.2, 0.25) is 0 Å². The number of nitrogens with zero attached hydrogens (tertiary/aromatic N) is 1.